The smallest absolute Gasteiger partial charge is 0.313 e. The molecule has 0 aliphatic heterocycles. The third-order valence-electron chi connectivity index (χ3n) is 3.63. The lowest BCUT2D eigenvalue weighted by Crippen LogP contribution is -2.21. The zero-order valence-corrected chi connectivity index (χ0v) is 11.8. The van der Waals surface area contributed by atoms with Gasteiger partial charge in [-0.05, 0) is 36.5 Å². The molecule has 0 unspecified atom stereocenters. The summed E-state index contributed by atoms with van der Waals surface area (Å²) >= 11 is 11.9. The molecule has 0 aromatic heterocycles. The molecule has 1 aromatic carbocycles. The van der Waals surface area contributed by atoms with Crippen molar-refractivity contribution in [2.24, 2.45) is 5.92 Å². The van der Waals surface area contributed by atoms with Gasteiger partial charge in [-0.3, -0.25) is 4.79 Å². The lowest BCUT2D eigenvalue weighted by Gasteiger charge is -2.21. The monoisotopic (exact) mass is 286 g/mol. The predicted octanol–water partition coefficient (Wildman–Crippen LogP) is 4.44. The number of halogens is 2. The first-order valence-corrected chi connectivity index (χ1v) is 6.92. The minimum atomic E-state index is -0.215. The second-order valence-corrected chi connectivity index (χ2v) is 5.53. The second kappa shape index (κ2) is 5.94. The van der Waals surface area contributed by atoms with Crippen LogP contribution in [-0.2, 0) is 9.53 Å². The fourth-order valence-corrected chi connectivity index (χ4v) is 3.03. The molecule has 0 amide bonds. The largest absolute Gasteiger partial charge is 0.469 e. The molecule has 4 heteroatoms. The molecule has 1 atom stereocenters. The molecule has 0 spiro atoms. The lowest BCUT2D eigenvalue weighted by molar-refractivity contribution is -0.143. The first kappa shape index (κ1) is 13.7. The van der Waals surface area contributed by atoms with Crippen molar-refractivity contribution in [2.75, 3.05) is 7.11 Å². The quantitative estimate of drug-likeness (QED) is 0.768. The van der Waals surface area contributed by atoms with Crippen molar-refractivity contribution in [3.05, 3.63) is 33.8 Å². The van der Waals surface area contributed by atoms with Crippen LogP contribution >= 0.6 is 23.2 Å². The van der Waals surface area contributed by atoms with Crippen LogP contribution in [0.5, 0.6) is 0 Å². The molecule has 1 saturated carbocycles. The Morgan fingerprint density at radius 3 is 2.50 bits per heavy atom. The van der Waals surface area contributed by atoms with Crippen LogP contribution in [0.3, 0.4) is 0 Å². The van der Waals surface area contributed by atoms with Gasteiger partial charge < -0.3 is 4.74 Å². The zero-order valence-electron chi connectivity index (χ0n) is 10.3. The van der Waals surface area contributed by atoms with Gasteiger partial charge in [0.05, 0.1) is 23.1 Å². The van der Waals surface area contributed by atoms with E-state index >= 15 is 0 Å². The maximum atomic E-state index is 12.0. The van der Waals surface area contributed by atoms with Crippen molar-refractivity contribution in [3.63, 3.8) is 0 Å². The van der Waals surface area contributed by atoms with Crippen LogP contribution in [0.15, 0.2) is 18.2 Å². The highest BCUT2D eigenvalue weighted by Crippen LogP contribution is 2.39. The Morgan fingerprint density at radius 1 is 1.28 bits per heavy atom. The van der Waals surface area contributed by atoms with Gasteiger partial charge in [0.15, 0.2) is 0 Å². The van der Waals surface area contributed by atoms with Crippen LogP contribution < -0.4 is 0 Å². The summed E-state index contributed by atoms with van der Waals surface area (Å²) < 4.78 is 4.93. The molecule has 0 bridgehead atoms. The van der Waals surface area contributed by atoms with Crippen molar-refractivity contribution < 1.29 is 9.53 Å². The Labute approximate surface area is 117 Å². The van der Waals surface area contributed by atoms with E-state index in [4.69, 9.17) is 27.9 Å². The van der Waals surface area contributed by atoms with Crippen LogP contribution in [0.1, 0.15) is 37.2 Å². The first-order chi connectivity index (χ1) is 8.63. The highest BCUT2D eigenvalue weighted by molar-refractivity contribution is 6.42. The third kappa shape index (κ3) is 2.81. The fourth-order valence-electron chi connectivity index (χ4n) is 2.72. The molecule has 1 aromatic rings. The molecule has 18 heavy (non-hydrogen) atoms. The van der Waals surface area contributed by atoms with Crippen LogP contribution in [0.2, 0.25) is 10.0 Å². The van der Waals surface area contributed by atoms with E-state index in [2.05, 4.69) is 0 Å². The Kier molecular flexibility index (Phi) is 4.52. The summed E-state index contributed by atoms with van der Waals surface area (Å²) in [6.45, 7) is 0. The van der Waals surface area contributed by atoms with Gasteiger partial charge in [0.1, 0.15) is 0 Å². The summed E-state index contributed by atoms with van der Waals surface area (Å²) in [7, 11) is 1.43. The van der Waals surface area contributed by atoms with E-state index in [0.29, 0.717) is 16.0 Å². The van der Waals surface area contributed by atoms with Gasteiger partial charge in [0.2, 0.25) is 0 Å². The summed E-state index contributed by atoms with van der Waals surface area (Å²) in [4.78, 5) is 12.0. The van der Waals surface area contributed by atoms with Crippen molar-refractivity contribution in [3.8, 4) is 0 Å². The number of carbonyl (C=O) groups excluding carboxylic acids is 1. The molecule has 2 nitrogen and oxygen atoms in total. The van der Waals surface area contributed by atoms with Crippen LogP contribution in [0.4, 0.5) is 0 Å². The van der Waals surface area contributed by atoms with Crippen LogP contribution in [0.25, 0.3) is 0 Å². The molecule has 2 rings (SSSR count). The Balaban J connectivity index is 2.32. The number of hydrogen-bond donors (Lipinski definition) is 0. The van der Waals surface area contributed by atoms with Gasteiger partial charge in [-0.25, -0.2) is 0 Å². The van der Waals surface area contributed by atoms with E-state index in [1.807, 2.05) is 6.07 Å². The summed E-state index contributed by atoms with van der Waals surface area (Å²) in [5.41, 5.74) is 0.906. The standard InChI is InChI=1S/C14H16Cl2O2/c1-18-14(17)13(9-4-2-3-5-9)10-6-7-11(15)12(16)8-10/h6-9,13H,2-5H2,1H3/t13-/m1/s1. The maximum Gasteiger partial charge on any atom is 0.313 e. The van der Waals surface area contributed by atoms with Crippen LogP contribution in [-0.4, -0.2) is 13.1 Å². The average molecular weight is 287 g/mol. The van der Waals surface area contributed by atoms with Gasteiger partial charge in [0, 0.05) is 0 Å². The predicted molar refractivity (Wildman–Crippen MR) is 73.2 cm³/mol. The summed E-state index contributed by atoms with van der Waals surface area (Å²) in [5.74, 6) is -0.0396. The summed E-state index contributed by atoms with van der Waals surface area (Å²) in [5, 5.41) is 0.997. The number of hydrogen-bond acceptors (Lipinski definition) is 2. The number of rotatable bonds is 3. The number of carbonyl (C=O) groups is 1. The van der Waals surface area contributed by atoms with E-state index in [9.17, 15) is 4.79 Å². The van der Waals surface area contributed by atoms with E-state index in [1.165, 1.54) is 20.0 Å². The molecule has 1 aliphatic carbocycles. The second-order valence-electron chi connectivity index (χ2n) is 4.72. The topological polar surface area (TPSA) is 26.3 Å². The average Bonchev–Trinajstić information content (AvgIpc) is 2.87. The molecule has 0 saturated heterocycles. The first-order valence-electron chi connectivity index (χ1n) is 6.16. The Hall–Kier alpha value is -0.730. The van der Waals surface area contributed by atoms with Gasteiger partial charge in [-0.1, -0.05) is 42.1 Å². The molecule has 0 N–H and O–H groups in total. The summed E-state index contributed by atoms with van der Waals surface area (Å²) in [6, 6.07) is 5.39. The highest BCUT2D eigenvalue weighted by atomic mass is 35.5. The van der Waals surface area contributed by atoms with E-state index in [1.54, 1.807) is 12.1 Å². The zero-order chi connectivity index (χ0) is 13.1. The van der Waals surface area contributed by atoms with E-state index in [0.717, 1.165) is 18.4 Å². The molecular formula is C14H16Cl2O2. The van der Waals surface area contributed by atoms with Crippen molar-refractivity contribution in [1.82, 2.24) is 0 Å². The lowest BCUT2D eigenvalue weighted by atomic mass is 9.85. The number of methoxy groups -OCH3 is 1. The van der Waals surface area contributed by atoms with Gasteiger partial charge in [-0.15, -0.1) is 0 Å². The molecule has 0 heterocycles. The normalized spacial score (nSPS) is 17.7. The van der Waals surface area contributed by atoms with Gasteiger partial charge in [-0.2, -0.15) is 0 Å². The van der Waals surface area contributed by atoms with Crippen LogP contribution in [0, 0.1) is 5.92 Å². The van der Waals surface area contributed by atoms with Crippen molar-refractivity contribution in [2.45, 2.75) is 31.6 Å². The molecule has 1 fully saturated rings. The van der Waals surface area contributed by atoms with Crippen molar-refractivity contribution in [1.29, 1.82) is 0 Å². The fraction of sp³-hybridized carbons (Fsp3) is 0.500. The molecule has 1 aliphatic rings. The highest BCUT2D eigenvalue weighted by Gasteiger charge is 2.33. The maximum absolute atomic E-state index is 12.0. The number of benzene rings is 1. The minimum Gasteiger partial charge on any atom is -0.469 e. The van der Waals surface area contributed by atoms with Gasteiger partial charge in [0.25, 0.3) is 0 Å². The van der Waals surface area contributed by atoms with E-state index < -0.39 is 0 Å². The Bertz CT molecular complexity index is 439. The number of ether oxygens (including phenoxy) is 1. The minimum absolute atomic E-state index is 0.180. The summed E-state index contributed by atoms with van der Waals surface area (Å²) in [6.07, 6.45) is 4.50. The molecule has 0 radical (unpaired) electrons. The number of esters is 1. The van der Waals surface area contributed by atoms with Crippen molar-refractivity contribution >= 4 is 29.2 Å². The SMILES string of the molecule is COC(=O)[C@@H](c1ccc(Cl)c(Cl)c1)C1CCCC1. The third-order valence-corrected chi connectivity index (χ3v) is 4.37. The van der Waals surface area contributed by atoms with Gasteiger partial charge >= 0.3 is 5.97 Å². The molecule has 98 valence electrons. The molecular weight excluding hydrogens is 271 g/mol. The Morgan fingerprint density at radius 2 is 1.94 bits per heavy atom. The van der Waals surface area contributed by atoms with E-state index in [-0.39, 0.29) is 11.9 Å².